The molecular formula is C13H10F3N3O. The highest BCUT2D eigenvalue weighted by Crippen LogP contribution is 2.35. The van der Waals surface area contributed by atoms with Gasteiger partial charge in [0.2, 0.25) is 0 Å². The Morgan fingerprint density at radius 3 is 2.80 bits per heavy atom. The van der Waals surface area contributed by atoms with Gasteiger partial charge in [-0.3, -0.25) is 9.48 Å². The van der Waals surface area contributed by atoms with Gasteiger partial charge in [-0.15, -0.1) is 0 Å². The standard InChI is InChI=1S/C13H10F3N3O/c1-19-6-9-11(20)5-7-4-8(13(14,15)16)2-3-10(7)17-12(9)18-19/h2-4,6H,5H2,1H3,(H,17,18). The largest absolute Gasteiger partial charge is 0.416 e. The Morgan fingerprint density at radius 2 is 2.10 bits per heavy atom. The molecule has 1 aromatic heterocycles. The van der Waals surface area contributed by atoms with Crippen LogP contribution in [-0.4, -0.2) is 15.6 Å². The smallest absolute Gasteiger partial charge is 0.338 e. The number of hydrogen-bond donors (Lipinski definition) is 1. The van der Waals surface area contributed by atoms with Crippen LogP contribution in [0.4, 0.5) is 24.7 Å². The van der Waals surface area contributed by atoms with Gasteiger partial charge in [0.1, 0.15) is 0 Å². The summed E-state index contributed by atoms with van der Waals surface area (Å²) in [5, 5.41) is 7.01. The molecule has 1 aliphatic heterocycles. The molecule has 20 heavy (non-hydrogen) atoms. The molecule has 0 radical (unpaired) electrons. The summed E-state index contributed by atoms with van der Waals surface area (Å²) in [6.45, 7) is 0. The molecule has 7 heteroatoms. The number of carbonyl (C=O) groups excluding carboxylic acids is 1. The predicted molar refractivity (Wildman–Crippen MR) is 66.0 cm³/mol. The van der Waals surface area contributed by atoms with Crippen molar-refractivity contribution in [3.63, 3.8) is 0 Å². The third kappa shape index (κ3) is 2.04. The molecule has 1 aliphatic rings. The van der Waals surface area contributed by atoms with Crippen LogP contribution in [0.5, 0.6) is 0 Å². The van der Waals surface area contributed by atoms with Crippen molar-refractivity contribution in [1.82, 2.24) is 9.78 Å². The number of hydrogen-bond acceptors (Lipinski definition) is 3. The van der Waals surface area contributed by atoms with Gasteiger partial charge < -0.3 is 5.32 Å². The Kier molecular flexibility index (Phi) is 2.60. The lowest BCUT2D eigenvalue weighted by molar-refractivity contribution is -0.137. The fraction of sp³-hybridized carbons (Fsp3) is 0.231. The average molecular weight is 281 g/mol. The summed E-state index contributed by atoms with van der Waals surface area (Å²) in [5.41, 5.74) is 0.428. The van der Waals surface area contributed by atoms with E-state index in [1.165, 1.54) is 10.7 Å². The van der Waals surface area contributed by atoms with Crippen molar-refractivity contribution in [3.8, 4) is 0 Å². The van der Waals surface area contributed by atoms with Crippen LogP contribution in [0, 0.1) is 0 Å². The molecule has 0 unspecified atom stereocenters. The molecule has 3 rings (SSSR count). The molecule has 0 saturated carbocycles. The first-order chi connectivity index (χ1) is 9.34. The third-order valence-corrected chi connectivity index (χ3v) is 3.17. The molecule has 1 N–H and O–H groups in total. The lowest BCUT2D eigenvalue weighted by Crippen LogP contribution is -2.07. The molecular weight excluding hydrogens is 271 g/mol. The zero-order valence-electron chi connectivity index (χ0n) is 10.5. The summed E-state index contributed by atoms with van der Waals surface area (Å²) in [4.78, 5) is 12.1. The van der Waals surface area contributed by atoms with E-state index in [9.17, 15) is 18.0 Å². The van der Waals surface area contributed by atoms with Gasteiger partial charge in [0.15, 0.2) is 11.6 Å². The Bertz CT molecular complexity index is 703. The summed E-state index contributed by atoms with van der Waals surface area (Å²) in [7, 11) is 1.68. The maximum absolute atomic E-state index is 12.7. The van der Waals surface area contributed by atoms with Crippen LogP contribution in [0.1, 0.15) is 21.5 Å². The third-order valence-electron chi connectivity index (χ3n) is 3.17. The van der Waals surface area contributed by atoms with Crippen LogP contribution in [0.2, 0.25) is 0 Å². The quantitative estimate of drug-likeness (QED) is 0.807. The molecule has 2 heterocycles. The topological polar surface area (TPSA) is 46.9 Å². The molecule has 0 amide bonds. The number of nitrogens with zero attached hydrogens (tertiary/aromatic N) is 2. The van der Waals surface area contributed by atoms with Crippen LogP contribution in [-0.2, 0) is 19.6 Å². The molecule has 0 atom stereocenters. The number of carbonyl (C=O) groups is 1. The summed E-state index contributed by atoms with van der Waals surface area (Å²) < 4.78 is 39.6. The zero-order chi connectivity index (χ0) is 14.5. The molecule has 4 nitrogen and oxygen atoms in total. The monoisotopic (exact) mass is 281 g/mol. The van der Waals surface area contributed by atoms with E-state index in [2.05, 4.69) is 10.4 Å². The van der Waals surface area contributed by atoms with Crippen molar-refractivity contribution >= 4 is 17.3 Å². The zero-order valence-corrected chi connectivity index (χ0v) is 10.5. The first kappa shape index (κ1) is 12.7. The number of fused-ring (bicyclic) bond motifs is 2. The first-order valence-electron chi connectivity index (χ1n) is 5.88. The second-order valence-corrected chi connectivity index (χ2v) is 4.66. The summed E-state index contributed by atoms with van der Waals surface area (Å²) in [6.07, 6.45) is -2.94. The number of nitrogens with one attached hydrogen (secondary N) is 1. The molecule has 104 valence electrons. The minimum Gasteiger partial charge on any atom is -0.338 e. The SMILES string of the molecule is Cn1cc2c(n1)Nc1ccc(C(F)(F)F)cc1CC2=O. The van der Waals surface area contributed by atoms with Crippen molar-refractivity contribution in [1.29, 1.82) is 0 Å². The maximum Gasteiger partial charge on any atom is 0.416 e. The number of rotatable bonds is 0. The number of halogens is 3. The molecule has 0 aliphatic carbocycles. The molecule has 0 saturated heterocycles. The lowest BCUT2D eigenvalue weighted by atomic mass is 10.0. The van der Waals surface area contributed by atoms with Gasteiger partial charge >= 0.3 is 6.18 Å². The highest BCUT2D eigenvalue weighted by atomic mass is 19.4. The van der Waals surface area contributed by atoms with E-state index in [0.717, 1.165) is 12.1 Å². The molecule has 0 bridgehead atoms. The molecule has 0 fully saturated rings. The minimum absolute atomic E-state index is 0.0784. The highest BCUT2D eigenvalue weighted by Gasteiger charge is 2.32. The van der Waals surface area contributed by atoms with Crippen molar-refractivity contribution in [2.24, 2.45) is 7.05 Å². The highest BCUT2D eigenvalue weighted by molar-refractivity contribution is 6.04. The molecule has 0 spiro atoms. The van der Waals surface area contributed by atoms with Crippen molar-refractivity contribution in [2.45, 2.75) is 12.6 Å². The van der Waals surface area contributed by atoms with Gasteiger partial charge in [-0.1, -0.05) is 0 Å². The summed E-state index contributed by atoms with van der Waals surface area (Å²) in [6, 6.07) is 3.32. The average Bonchev–Trinajstić information content (AvgIpc) is 2.65. The van der Waals surface area contributed by atoms with E-state index in [4.69, 9.17) is 0 Å². The number of Topliss-reactive ketones (excluding diaryl/α,β-unsaturated/α-hetero) is 1. The van der Waals surface area contributed by atoms with E-state index >= 15 is 0 Å². The lowest BCUT2D eigenvalue weighted by Gasteiger charge is -2.11. The molecule has 2 aromatic rings. The number of alkyl halides is 3. The second-order valence-electron chi connectivity index (χ2n) is 4.66. The van der Waals surface area contributed by atoms with Gasteiger partial charge in [-0.25, -0.2) is 0 Å². The fourth-order valence-corrected chi connectivity index (χ4v) is 2.22. The number of ketones is 1. The summed E-state index contributed by atoms with van der Waals surface area (Å²) in [5.74, 6) is 0.120. The van der Waals surface area contributed by atoms with Gasteiger partial charge in [0, 0.05) is 25.4 Å². The van der Waals surface area contributed by atoms with Crippen molar-refractivity contribution in [3.05, 3.63) is 41.1 Å². The van der Waals surface area contributed by atoms with Crippen molar-refractivity contribution < 1.29 is 18.0 Å². The van der Waals surface area contributed by atoms with Crippen LogP contribution < -0.4 is 5.32 Å². The number of anilines is 2. The van der Waals surface area contributed by atoms with Crippen molar-refractivity contribution in [2.75, 3.05) is 5.32 Å². The second kappa shape index (κ2) is 4.09. The Balaban J connectivity index is 2.08. The molecule has 1 aromatic carbocycles. The fourth-order valence-electron chi connectivity index (χ4n) is 2.22. The number of aromatic nitrogens is 2. The van der Waals surface area contributed by atoms with Crippen LogP contribution in [0.25, 0.3) is 0 Å². The summed E-state index contributed by atoms with van der Waals surface area (Å²) >= 11 is 0. The van der Waals surface area contributed by atoms with E-state index in [1.54, 1.807) is 13.2 Å². The predicted octanol–water partition coefficient (Wildman–Crippen LogP) is 2.92. The normalized spacial score (nSPS) is 14.3. The van der Waals surface area contributed by atoms with Gasteiger partial charge in [-0.2, -0.15) is 18.3 Å². The van der Waals surface area contributed by atoms with Crippen LogP contribution in [0.3, 0.4) is 0 Å². The number of aryl methyl sites for hydroxylation is 1. The van der Waals surface area contributed by atoms with E-state index < -0.39 is 11.7 Å². The maximum atomic E-state index is 12.7. The Hall–Kier alpha value is -2.31. The van der Waals surface area contributed by atoms with E-state index in [0.29, 0.717) is 22.6 Å². The minimum atomic E-state index is -4.42. The first-order valence-corrected chi connectivity index (χ1v) is 5.88. The van der Waals surface area contributed by atoms with E-state index in [-0.39, 0.29) is 12.2 Å². The van der Waals surface area contributed by atoms with Gasteiger partial charge in [0.25, 0.3) is 0 Å². The van der Waals surface area contributed by atoms with Gasteiger partial charge in [0.05, 0.1) is 11.1 Å². The Labute approximate surface area is 112 Å². The number of benzene rings is 1. The Morgan fingerprint density at radius 1 is 1.35 bits per heavy atom. The van der Waals surface area contributed by atoms with Crippen LogP contribution in [0.15, 0.2) is 24.4 Å². The van der Waals surface area contributed by atoms with Crippen LogP contribution >= 0.6 is 0 Å². The van der Waals surface area contributed by atoms with Gasteiger partial charge in [-0.05, 0) is 23.8 Å². The van der Waals surface area contributed by atoms with E-state index in [1.807, 2.05) is 0 Å².